The van der Waals surface area contributed by atoms with Crippen LogP contribution < -0.4 is 5.32 Å². The highest BCUT2D eigenvalue weighted by molar-refractivity contribution is 7.80. The van der Waals surface area contributed by atoms with E-state index in [2.05, 4.69) is 57.8 Å². The third-order valence-corrected chi connectivity index (χ3v) is 5.79. The van der Waals surface area contributed by atoms with Crippen molar-refractivity contribution in [3.8, 4) is 0 Å². The van der Waals surface area contributed by atoms with Crippen LogP contribution >= 0.6 is 12.2 Å². The van der Waals surface area contributed by atoms with Gasteiger partial charge in [0.2, 0.25) is 0 Å². The van der Waals surface area contributed by atoms with Gasteiger partial charge in [0.25, 0.3) is 0 Å². The molecule has 3 aromatic heterocycles. The van der Waals surface area contributed by atoms with E-state index in [0.717, 1.165) is 17.4 Å². The summed E-state index contributed by atoms with van der Waals surface area (Å²) in [5.74, 6) is 0. The summed E-state index contributed by atoms with van der Waals surface area (Å²) in [6, 6.07) is 12.5. The minimum atomic E-state index is 0.0148. The minimum absolute atomic E-state index is 0.0148. The molecule has 138 valence electrons. The van der Waals surface area contributed by atoms with E-state index in [-0.39, 0.29) is 12.1 Å². The maximum Gasteiger partial charge on any atom is 0.170 e. The zero-order valence-electron chi connectivity index (χ0n) is 15.8. The first-order valence-electron chi connectivity index (χ1n) is 9.06. The summed E-state index contributed by atoms with van der Waals surface area (Å²) in [5, 5.41) is 4.27. The van der Waals surface area contributed by atoms with E-state index >= 15 is 0 Å². The molecule has 1 saturated heterocycles. The van der Waals surface area contributed by atoms with Crippen LogP contribution in [0.25, 0.3) is 0 Å². The van der Waals surface area contributed by atoms with E-state index in [0.29, 0.717) is 0 Å². The first-order chi connectivity index (χ1) is 13.1. The quantitative estimate of drug-likeness (QED) is 0.704. The van der Waals surface area contributed by atoms with Gasteiger partial charge in [-0.15, -0.1) is 0 Å². The highest BCUT2D eigenvalue weighted by atomic mass is 32.1. The Morgan fingerprint density at radius 2 is 1.89 bits per heavy atom. The van der Waals surface area contributed by atoms with E-state index in [1.165, 1.54) is 22.5 Å². The molecule has 1 aliphatic rings. The normalized spacial score (nSPS) is 19.4. The van der Waals surface area contributed by atoms with Crippen molar-refractivity contribution in [1.82, 2.24) is 24.8 Å². The lowest BCUT2D eigenvalue weighted by atomic mass is 9.96. The van der Waals surface area contributed by atoms with Crippen molar-refractivity contribution < 1.29 is 0 Å². The van der Waals surface area contributed by atoms with Crippen LogP contribution in [0.5, 0.6) is 0 Å². The lowest BCUT2D eigenvalue weighted by Gasteiger charge is -2.28. The van der Waals surface area contributed by atoms with Gasteiger partial charge in [-0.1, -0.05) is 6.07 Å². The molecule has 27 heavy (non-hydrogen) atoms. The molecule has 4 rings (SSSR count). The Morgan fingerprint density at radius 3 is 2.52 bits per heavy atom. The Bertz CT molecular complexity index is 951. The number of nitrogens with zero attached hydrogens (tertiary/aromatic N) is 4. The summed E-state index contributed by atoms with van der Waals surface area (Å²) in [4.78, 5) is 11.0. The standard InChI is InChI=1S/C21H23N5S/c1-14-12-17(15(2)25(14)3)20-19(18-6-4-5-9-23-18)24-21(27)26(20)13-16-7-10-22-11-8-16/h4-12,19-20H,13H2,1-3H3,(H,24,27)/t19-,20+/m1/s1. The van der Waals surface area contributed by atoms with Crippen LogP contribution in [0.3, 0.4) is 0 Å². The largest absolute Gasteiger partial charge is 0.352 e. The fourth-order valence-electron chi connectivity index (χ4n) is 3.78. The predicted octanol–water partition coefficient (Wildman–Crippen LogP) is 3.60. The van der Waals surface area contributed by atoms with Crippen LogP contribution in [0.4, 0.5) is 0 Å². The second-order valence-corrected chi connectivity index (χ2v) is 7.38. The van der Waals surface area contributed by atoms with Gasteiger partial charge >= 0.3 is 0 Å². The molecule has 6 heteroatoms. The molecule has 0 radical (unpaired) electrons. The van der Waals surface area contributed by atoms with E-state index in [4.69, 9.17) is 12.2 Å². The third-order valence-electron chi connectivity index (χ3n) is 5.43. The Labute approximate surface area is 165 Å². The molecule has 1 aliphatic heterocycles. The third kappa shape index (κ3) is 3.21. The number of aromatic nitrogens is 3. The van der Waals surface area contributed by atoms with Crippen LogP contribution in [0, 0.1) is 13.8 Å². The maximum absolute atomic E-state index is 5.74. The second-order valence-electron chi connectivity index (χ2n) is 7.00. The predicted molar refractivity (Wildman–Crippen MR) is 110 cm³/mol. The lowest BCUT2D eigenvalue weighted by Crippen LogP contribution is -2.29. The molecule has 0 saturated carbocycles. The molecule has 0 aliphatic carbocycles. The fourth-order valence-corrected chi connectivity index (χ4v) is 4.09. The smallest absolute Gasteiger partial charge is 0.170 e. The molecule has 0 amide bonds. The average molecular weight is 378 g/mol. The Kier molecular flexibility index (Phi) is 4.66. The van der Waals surface area contributed by atoms with E-state index in [9.17, 15) is 0 Å². The molecule has 0 bridgehead atoms. The number of hydrogen-bond donors (Lipinski definition) is 1. The van der Waals surface area contributed by atoms with Gasteiger partial charge in [0.1, 0.15) is 0 Å². The van der Waals surface area contributed by atoms with Crippen LogP contribution in [-0.4, -0.2) is 24.5 Å². The average Bonchev–Trinajstić information content (AvgIpc) is 3.14. The monoisotopic (exact) mass is 377 g/mol. The van der Waals surface area contributed by atoms with Gasteiger partial charge in [-0.2, -0.15) is 0 Å². The lowest BCUT2D eigenvalue weighted by molar-refractivity contribution is 0.310. The topological polar surface area (TPSA) is 46.0 Å². The molecule has 3 aromatic rings. The number of thiocarbonyl (C=S) groups is 1. The van der Waals surface area contributed by atoms with Crippen LogP contribution in [0.1, 0.15) is 40.3 Å². The molecule has 1 fully saturated rings. The zero-order valence-corrected chi connectivity index (χ0v) is 16.6. The highest BCUT2D eigenvalue weighted by Crippen LogP contribution is 2.41. The van der Waals surface area contributed by atoms with Crippen molar-refractivity contribution >= 4 is 17.3 Å². The fraction of sp³-hybridized carbons (Fsp3) is 0.286. The first kappa shape index (κ1) is 17.7. The van der Waals surface area contributed by atoms with Crippen LogP contribution in [0.2, 0.25) is 0 Å². The highest BCUT2D eigenvalue weighted by Gasteiger charge is 2.41. The van der Waals surface area contributed by atoms with Gasteiger partial charge in [0.15, 0.2) is 5.11 Å². The van der Waals surface area contributed by atoms with E-state index in [1.54, 1.807) is 0 Å². The summed E-state index contributed by atoms with van der Waals surface area (Å²) in [6.45, 7) is 5.04. The molecule has 0 unspecified atom stereocenters. The molecule has 2 atom stereocenters. The Balaban J connectivity index is 1.79. The van der Waals surface area contributed by atoms with Crippen molar-refractivity contribution in [3.63, 3.8) is 0 Å². The van der Waals surface area contributed by atoms with Gasteiger partial charge in [-0.25, -0.2) is 0 Å². The van der Waals surface area contributed by atoms with Gasteiger partial charge < -0.3 is 14.8 Å². The van der Waals surface area contributed by atoms with Gasteiger partial charge in [-0.05, 0) is 67.5 Å². The summed E-state index contributed by atoms with van der Waals surface area (Å²) in [6.07, 6.45) is 5.49. The molecule has 1 N–H and O–H groups in total. The molecule has 0 spiro atoms. The van der Waals surface area contributed by atoms with E-state index < -0.39 is 0 Å². The van der Waals surface area contributed by atoms with Crippen LogP contribution in [0.15, 0.2) is 55.0 Å². The van der Waals surface area contributed by atoms with E-state index in [1.807, 2.05) is 42.9 Å². The Morgan fingerprint density at radius 1 is 1.11 bits per heavy atom. The van der Waals surface area contributed by atoms with Crippen LogP contribution in [-0.2, 0) is 13.6 Å². The number of pyridine rings is 2. The summed E-state index contributed by atoms with van der Waals surface area (Å²) in [7, 11) is 2.11. The van der Waals surface area contributed by atoms with Crippen molar-refractivity contribution in [3.05, 3.63) is 83.2 Å². The number of nitrogens with one attached hydrogen (secondary N) is 1. The molecular weight excluding hydrogens is 354 g/mol. The molecule has 5 nitrogen and oxygen atoms in total. The number of aryl methyl sites for hydroxylation is 1. The minimum Gasteiger partial charge on any atom is -0.352 e. The summed E-state index contributed by atoms with van der Waals surface area (Å²) < 4.78 is 2.23. The Hall–Kier alpha value is -2.73. The number of rotatable bonds is 4. The molecule has 4 heterocycles. The van der Waals surface area contributed by atoms with Gasteiger partial charge in [-0.3, -0.25) is 9.97 Å². The van der Waals surface area contributed by atoms with Crippen molar-refractivity contribution in [2.75, 3.05) is 0 Å². The zero-order chi connectivity index (χ0) is 19.0. The maximum atomic E-state index is 5.74. The van der Waals surface area contributed by atoms with Crippen molar-refractivity contribution in [2.45, 2.75) is 32.5 Å². The first-order valence-corrected chi connectivity index (χ1v) is 9.47. The molecule has 0 aromatic carbocycles. The summed E-state index contributed by atoms with van der Waals surface area (Å²) in [5.41, 5.74) is 5.97. The van der Waals surface area contributed by atoms with Gasteiger partial charge in [0.05, 0.1) is 17.8 Å². The summed E-state index contributed by atoms with van der Waals surface area (Å²) >= 11 is 5.74. The van der Waals surface area contributed by atoms with Crippen molar-refractivity contribution in [2.24, 2.45) is 7.05 Å². The SMILES string of the molecule is Cc1cc([C@H]2[C@@H](c3ccccn3)NC(=S)N2Cc2ccncc2)c(C)n1C. The van der Waals surface area contributed by atoms with Gasteiger partial charge in [0, 0.05) is 43.6 Å². The number of hydrogen-bond acceptors (Lipinski definition) is 3. The molecular formula is C21H23N5S. The second kappa shape index (κ2) is 7.12. The van der Waals surface area contributed by atoms with Crippen molar-refractivity contribution in [1.29, 1.82) is 0 Å².